The maximum absolute atomic E-state index is 12.3. The van der Waals surface area contributed by atoms with E-state index in [-0.39, 0.29) is 18.2 Å². The van der Waals surface area contributed by atoms with Crippen LogP contribution < -0.4 is 10.9 Å². The van der Waals surface area contributed by atoms with E-state index in [1.54, 1.807) is 36.5 Å². The van der Waals surface area contributed by atoms with E-state index in [1.165, 1.54) is 11.8 Å². The number of fused-ring (bicyclic) bond motifs is 1. The van der Waals surface area contributed by atoms with E-state index in [1.807, 2.05) is 30.3 Å². The lowest BCUT2D eigenvalue weighted by Crippen LogP contribution is -2.43. The third-order valence-corrected chi connectivity index (χ3v) is 4.20. The highest BCUT2D eigenvalue weighted by molar-refractivity contribution is 5.95. The Kier molecular flexibility index (Phi) is 5.12. The molecule has 0 radical (unpaired) electrons. The van der Waals surface area contributed by atoms with Crippen molar-refractivity contribution in [3.63, 3.8) is 0 Å². The van der Waals surface area contributed by atoms with E-state index in [0.29, 0.717) is 5.56 Å². The highest BCUT2D eigenvalue weighted by Crippen LogP contribution is 2.32. The van der Waals surface area contributed by atoms with Gasteiger partial charge in [0.2, 0.25) is 11.8 Å². The molecule has 3 rings (SSSR count). The Labute approximate surface area is 151 Å². The Morgan fingerprint density at radius 3 is 2.38 bits per heavy atom. The molecule has 1 heterocycles. The molecule has 0 spiro atoms. The molecule has 6 heteroatoms. The fourth-order valence-corrected chi connectivity index (χ4v) is 2.93. The second-order valence-corrected chi connectivity index (χ2v) is 5.96. The molecule has 0 bridgehead atoms. The van der Waals surface area contributed by atoms with Crippen LogP contribution in [0.3, 0.4) is 0 Å². The van der Waals surface area contributed by atoms with Gasteiger partial charge >= 0.3 is 0 Å². The average molecular weight is 349 g/mol. The van der Waals surface area contributed by atoms with Gasteiger partial charge in [-0.2, -0.15) is 0 Å². The summed E-state index contributed by atoms with van der Waals surface area (Å²) in [5.41, 5.74) is 7.13. The second kappa shape index (κ2) is 7.65. The molecule has 2 aromatic rings. The Morgan fingerprint density at radius 1 is 0.962 bits per heavy atom. The summed E-state index contributed by atoms with van der Waals surface area (Å²) in [5, 5.41) is 0. The van der Waals surface area contributed by atoms with Crippen molar-refractivity contribution < 1.29 is 14.4 Å². The molecule has 1 atom stereocenters. The summed E-state index contributed by atoms with van der Waals surface area (Å²) in [5.74, 6) is -0.927. The number of nitrogens with one attached hydrogen (secondary N) is 2. The van der Waals surface area contributed by atoms with E-state index < -0.39 is 11.9 Å². The number of benzene rings is 2. The van der Waals surface area contributed by atoms with Crippen LogP contribution >= 0.6 is 0 Å². The molecule has 132 valence electrons. The van der Waals surface area contributed by atoms with Crippen LogP contribution in [-0.4, -0.2) is 22.6 Å². The molecule has 1 unspecified atom stereocenters. The lowest BCUT2D eigenvalue weighted by atomic mass is 9.93. The minimum absolute atomic E-state index is 0.0377. The van der Waals surface area contributed by atoms with Gasteiger partial charge in [-0.15, -0.1) is 0 Å². The van der Waals surface area contributed by atoms with Crippen molar-refractivity contribution in [2.45, 2.75) is 19.4 Å². The Hall–Kier alpha value is -3.41. The first-order valence-electron chi connectivity index (χ1n) is 8.26. The molecule has 2 aromatic carbocycles. The van der Waals surface area contributed by atoms with Gasteiger partial charge in [-0.05, 0) is 29.3 Å². The van der Waals surface area contributed by atoms with Gasteiger partial charge in [0.25, 0.3) is 5.91 Å². The molecule has 0 aromatic heterocycles. The maximum atomic E-state index is 12.3. The lowest BCUT2D eigenvalue weighted by Gasteiger charge is -2.32. The van der Waals surface area contributed by atoms with E-state index in [4.69, 9.17) is 0 Å². The normalized spacial score (nSPS) is 15.1. The van der Waals surface area contributed by atoms with Gasteiger partial charge in [0, 0.05) is 18.7 Å². The van der Waals surface area contributed by atoms with Crippen LogP contribution in [0.1, 0.15) is 40.9 Å². The fraction of sp³-hybridized carbons (Fsp3) is 0.150. The number of carbonyl (C=O) groups excluding carboxylic acids is 3. The molecule has 26 heavy (non-hydrogen) atoms. The van der Waals surface area contributed by atoms with Crippen LogP contribution in [0.15, 0.2) is 60.8 Å². The topological polar surface area (TPSA) is 78.5 Å². The molecule has 0 fully saturated rings. The first-order chi connectivity index (χ1) is 12.6. The molecular formula is C20H19N3O3. The number of hydrogen-bond donors (Lipinski definition) is 2. The predicted molar refractivity (Wildman–Crippen MR) is 97.4 cm³/mol. The Bertz CT molecular complexity index is 862. The van der Waals surface area contributed by atoms with Gasteiger partial charge in [-0.25, -0.2) is 0 Å². The maximum Gasteiger partial charge on any atom is 0.269 e. The first-order valence-corrected chi connectivity index (χ1v) is 8.26. The SMILES string of the molecule is CC(=O)N1C=Cc2ccccc2C1CC(=O)NNC(=O)c1ccccc1. The molecular weight excluding hydrogens is 330 g/mol. The van der Waals surface area contributed by atoms with E-state index in [9.17, 15) is 14.4 Å². The molecule has 1 aliphatic rings. The zero-order valence-corrected chi connectivity index (χ0v) is 14.3. The summed E-state index contributed by atoms with van der Waals surface area (Å²) >= 11 is 0. The number of rotatable bonds is 3. The van der Waals surface area contributed by atoms with Gasteiger partial charge in [-0.3, -0.25) is 25.2 Å². The molecule has 0 saturated heterocycles. The molecule has 0 aliphatic carbocycles. The third kappa shape index (κ3) is 3.80. The summed E-state index contributed by atoms with van der Waals surface area (Å²) in [6.45, 7) is 1.46. The lowest BCUT2D eigenvalue weighted by molar-refractivity contribution is -0.130. The van der Waals surface area contributed by atoms with Crippen molar-refractivity contribution in [3.8, 4) is 0 Å². The highest BCUT2D eigenvalue weighted by Gasteiger charge is 2.28. The van der Waals surface area contributed by atoms with Gasteiger partial charge in [-0.1, -0.05) is 42.5 Å². The summed E-state index contributed by atoms with van der Waals surface area (Å²) in [6.07, 6.45) is 3.57. The van der Waals surface area contributed by atoms with Crippen molar-refractivity contribution in [2.24, 2.45) is 0 Å². The second-order valence-electron chi connectivity index (χ2n) is 5.96. The number of nitrogens with zero attached hydrogens (tertiary/aromatic N) is 1. The summed E-state index contributed by atoms with van der Waals surface area (Å²) < 4.78 is 0. The quantitative estimate of drug-likeness (QED) is 0.835. The van der Waals surface area contributed by atoms with Crippen molar-refractivity contribution >= 4 is 23.8 Å². The first kappa shape index (κ1) is 17.4. The average Bonchev–Trinajstić information content (AvgIpc) is 2.66. The van der Waals surface area contributed by atoms with Crippen LogP contribution in [-0.2, 0) is 9.59 Å². The van der Waals surface area contributed by atoms with E-state index in [0.717, 1.165) is 11.1 Å². The molecule has 0 saturated carbocycles. The smallest absolute Gasteiger partial charge is 0.269 e. The van der Waals surface area contributed by atoms with Crippen LogP contribution in [0, 0.1) is 0 Å². The zero-order chi connectivity index (χ0) is 18.5. The number of hydrogen-bond acceptors (Lipinski definition) is 3. The van der Waals surface area contributed by atoms with Crippen molar-refractivity contribution in [1.29, 1.82) is 0 Å². The van der Waals surface area contributed by atoms with Crippen molar-refractivity contribution in [1.82, 2.24) is 15.8 Å². The van der Waals surface area contributed by atoms with Gasteiger partial charge < -0.3 is 4.90 Å². The monoisotopic (exact) mass is 349 g/mol. The largest absolute Gasteiger partial charge is 0.311 e. The minimum atomic E-state index is -0.415. The van der Waals surface area contributed by atoms with Crippen LogP contribution in [0.5, 0.6) is 0 Å². The summed E-state index contributed by atoms with van der Waals surface area (Å²) in [4.78, 5) is 37.8. The van der Waals surface area contributed by atoms with Crippen molar-refractivity contribution in [3.05, 3.63) is 77.5 Å². The van der Waals surface area contributed by atoms with Crippen molar-refractivity contribution in [2.75, 3.05) is 0 Å². The predicted octanol–water partition coefficient (Wildman–Crippen LogP) is 2.41. The molecule has 1 aliphatic heterocycles. The molecule has 6 nitrogen and oxygen atoms in total. The Balaban J connectivity index is 1.68. The van der Waals surface area contributed by atoms with Crippen LogP contribution in [0.4, 0.5) is 0 Å². The zero-order valence-electron chi connectivity index (χ0n) is 14.3. The molecule has 2 N–H and O–H groups in total. The standard InChI is InChI=1S/C20H19N3O3/c1-14(24)23-12-11-15-7-5-6-10-17(15)18(23)13-19(25)21-22-20(26)16-8-3-2-4-9-16/h2-12,18H,13H2,1H3,(H,21,25)(H,22,26). The number of amides is 3. The summed E-state index contributed by atoms with van der Waals surface area (Å²) in [7, 11) is 0. The fourth-order valence-electron chi connectivity index (χ4n) is 2.93. The number of carbonyl (C=O) groups is 3. The van der Waals surface area contributed by atoms with E-state index >= 15 is 0 Å². The Morgan fingerprint density at radius 2 is 1.65 bits per heavy atom. The highest BCUT2D eigenvalue weighted by atomic mass is 16.2. The minimum Gasteiger partial charge on any atom is -0.311 e. The van der Waals surface area contributed by atoms with Gasteiger partial charge in [0.15, 0.2) is 0 Å². The number of hydrazine groups is 1. The third-order valence-electron chi connectivity index (χ3n) is 4.20. The van der Waals surface area contributed by atoms with Gasteiger partial charge in [0.05, 0.1) is 12.5 Å². The summed E-state index contributed by atoms with van der Waals surface area (Å²) in [6, 6.07) is 15.8. The van der Waals surface area contributed by atoms with E-state index in [2.05, 4.69) is 10.9 Å². The molecule has 3 amide bonds. The van der Waals surface area contributed by atoms with Crippen LogP contribution in [0.25, 0.3) is 6.08 Å². The van der Waals surface area contributed by atoms with Crippen LogP contribution in [0.2, 0.25) is 0 Å². The van der Waals surface area contributed by atoms with Gasteiger partial charge in [0.1, 0.15) is 0 Å².